The first kappa shape index (κ1) is 17.6. The lowest BCUT2D eigenvalue weighted by atomic mass is 9.97. The van der Waals surface area contributed by atoms with Crippen molar-refractivity contribution in [3.63, 3.8) is 0 Å². The minimum Gasteiger partial charge on any atom is -0.294 e. The minimum absolute atomic E-state index is 0.0781. The molecule has 3 rings (SSSR count). The van der Waals surface area contributed by atoms with E-state index in [0.29, 0.717) is 17.3 Å². The smallest absolute Gasteiger partial charge is 0.173 e. The third-order valence-electron chi connectivity index (χ3n) is 4.30. The van der Waals surface area contributed by atoms with E-state index in [1.54, 1.807) is 0 Å². The molecule has 0 aliphatic rings. The van der Waals surface area contributed by atoms with Crippen molar-refractivity contribution >= 4 is 38.3 Å². The summed E-state index contributed by atoms with van der Waals surface area (Å²) in [6, 6.07) is 19.7. The third kappa shape index (κ3) is 3.88. The summed E-state index contributed by atoms with van der Waals surface area (Å²) in [6.45, 7) is 2.02. The molecule has 3 aromatic carbocycles. The van der Waals surface area contributed by atoms with Gasteiger partial charge in [0.2, 0.25) is 0 Å². The van der Waals surface area contributed by atoms with Crippen LogP contribution in [0.2, 0.25) is 0 Å². The Morgan fingerprint density at radius 2 is 1.36 bits per heavy atom. The molecule has 0 unspecified atom stereocenters. The van der Waals surface area contributed by atoms with E-state index in [4.69, 9.17) is 0 Å². The maximum absolute atomic E-state index is 12.1. The molecule has 0 fully saturated rings. The maximum atomic E-state index is 12.1. The van der Waals surface area contributed by atoms with Gasteiger partial charge < -0.3 is 0 Å². The lowest BCUT2D eigenvalue weighted by Crippen LogP contribution is -1.99. The summed E-state index contributed by atoms with van der Waals surface area (Å²) in [5.41, 5.74) is 3.65. The molecule has 0 aliphatic heterocycles. The van der Waals surface area contributed by atoms with Crippen molar-refractivity contribution < 1.29 is 9.59 Å². The standard InChI is InChI=1S/C22H19BrO2/c1-2-3-21(24)20-11-10-18-12-17(8-9-19(18)13-20)15-4-6-16(7-5-15)22(25)14-23/h4-13H,2-3,14H2,1H3. The van der Waals surface area contributed by atoms with Crippen LogP contribution in [0.3, 0.4) is 0 Å². The maximum Gasteiger partial charge on any atom is 0.173 e. The molecule has 25 heavy (non-hydrogen) atoms. The first-order chi connectivity index (χ1) is 12.1. The summed E-state index contributed by atoms with van der Waals surface area (Å²) in [5.74, 6) is 0.273. The van der Waals surface area contributed by atoms with Crippen molar-refractivity contribution in [2.45, 2.75) is 19.8 Å². The molecule has 2 nitrogen and oxygen atoms in total. The van der Waals surface area contributed by atoms with Crippen LogP contribution in [0.25, 0.3) is 21.9 Å². The largest absolute Gasteiger partial charge is 0.294 e. The van der Waals surface area contributed by atoms with Crippen LogP contribution < -0.4 is 0 Å². The second kappa shape index (κ2) is 7.75. The van der Waals surface area contributed by atoms with Gasteiger partial charge in [-0.1, -0.05) is 71.4 Å². The van der Waals surface area contributed by atoms with Gasteiger partial charge >= 0.3 is 0 Å². The highest BCUT2D eigenvalue weighted by Gasteiger charge is 2.07. The molecule has 0 amide bonds. The second-order valence-electron chi connectivity index (χ2n) is 6.08. The van der Waals surface area contributed by atoms with Gasteiger partial charge in [-0.05, 0) is 40.5 Å². The summed E-state index contributed by atoms with van der Waals surface area (Å²) < 4.78 is 0. The van der Waals surface area contributed by atoms with Crippen LogP contribution in [-0.2, 0) is 0 Å². The van der Waals surface area contributed by atoms with Gasteiger partial charge in [-0.3, -0.25) is 9.59 Å². The van der Waals surface area contributed by atoms with E-state index >= 15 is 0 Å². The number of alkyl halides is 1. The summed E-state index contributed by atoms with van der Waals surface area (Å²) >= 11 is 3.19. The van der Waals surface area contributed by atoms with Crippen LogP contribution in [0.1, 0.15) is 40.5 Å². The molecular formula is C22H19BrO2. The van der Waals surface area contributed by atoms with Gasteiger partial charge in [0, 0.05) is 17.5 Å². The Balaban J connectivity index is 1.92. The Hall–Kier alpha value is -2.26. The third-order valence-corrected chi connectivity index (χ3v) is 4.81. The zero-order chi connectivity index (χ0) is 17.8. The molecule has 0 heterocycles. The fourth-order valence-corrected chi connectivity index (χ4v) is 3.22. The first-order valence-corrected chi connectivity index (χ1v) is 9.51. The van der Waals surface area contributed by atoms with Crippen LogP contribution in [0.5, 0.6) is 0 Å². The zero-order valence-corrected chi connectivity index (χ0v) is 15.7. The van der Waals surface area contributed by atoms with Crippen molar-refractivity contribution in [3.8, 4) is 11.1 Å². The van der Waals surface area contributed by atoms with E-state index in [0.717, 1.165) is 33.9 Å². The van der Waals surface area contributed by atoms with Crippen LogP contribution in [0.15, 0.2) is 60.7 Å². The van der Waals surface area contributed by atoms with E-state index in [2.05, 4.69) is 28.1 Å². The molecule has 0 saturated carbocycles. The number of halogens is 1. The monoisotopic (exact) mass is 394 g/mol. The van der Waals surface area contributed by atoms with E-state index in [-0.39, 0.29) is 11.6 Å². The van der Waals surface area contributed by atoms with Crippen molar-refractivity contribution in [3.05, 3.63) is 71.8 Å². The Bertz CT molecular complexity index is 926. The van der Waals surface area contributed by atoms with Crippen molar-refractivity contribution in [1.29, 1.82) is 0 Å². The molecule has 3 heteroatoms. The molecule has 3 aromatic rings. The number of ketones is 2. The number of benzene rings is 3. The molecule has 0 aromatic heterocycles. The van der Waals surface area contributed by atoms with Crippen LogP contribution in [0.4, 0.5) is 0 Å². The molecule has 0 bridgehead atoms. The van der Waals surface area contributed by atoms with Gasteiger partial charge in [-0.2, -0.15) is 0 Å². The van der Waals surface area contributed by atoms with Gasteiger partial charge in [0.1, 0.15) is 0 Å². The first-order valence-electron chi connectivity index (χ1n) is 8.39. The number of carbonyl (C=O) groups excluding carboxylic acids is 2. The normalized spacial score (nSPS) is 10.8. The minimum atomic E-state index is 0.0781. The van der Waals surface area contributed by atoms with Crippen molar-refractivity contribution in [2.24, 2.45) is 0 Å². The lowest BCUT2D eigenvalue weighted by Gasteiger charge is -2.07. The Labute approximate surface area is 156 Å². The Morgan fingerprint density at radius 3 is 2.04 bits per heavy atom. The fourth-order valence-electron chi connectivity index (χ4n) is 2.90. The number of rotatable bonds is 6. The SMILES string of the molecule is CCCC(=O)c1ccc2cc(-c3ccc(C(=O)CBr)cc3)ccc2c1. The number of hydrogen-bond acceptors (Lipinski definition) is 2. The van der Waals surface area contributed by atoms with Crippen LogP contribution >= 0.6 is 15.9 Å². The van der Waals surface area contributed by atoms with Gasteiger partial charge in [0.05, 0.1) is 5.33 Å². The van der Waals surface area contributed by atoms with Gasteiger partial charge in [-0.25, -0.2) is 0 Å². The van der Waals surface area contributed by atoms with Gasteiger partial charge in [-0.15, -0.1) is 0 Å². The summed E-state index contributed by atoms with van der Waals surface area (Å²) in [5, 5.41) is 2.50. The topological polar surface area (TPSA) is 34.1 Å². The number of Topliss-reactive ketones (excluding diaryl/α,β-unsaturated/α-hetero) is 2. The average Bonchev–Trinajstić information content (AvgIpc) is 2.67. The number of fused-ring (bicyclic) bond motifs is 1. The lowest BCUT2D eigenvalue weighted by molar-refractivity contribution is 0.0980. The van der Waals surface area contributed by atoms with E-state index in [1.165, 1.54) is 0 Å². The second-order valence-corrected chi connectivity index (χ2v) is 6.64. The van der Waals surface area contributed by atoms with Crippen molar-refractivity contribution in [2.75, 3.05) is 5.33 Å². The Morgan fingerprint density at radius 1 is 0.760 bits per heavy atom. The van der Waals surface area contributed by atoms with Gasteiger partial charge in [0.25, 0.3) is 0 Å². The van der Waals surface area contributed by atoms with Gasteiger partial charge in [0.15, 0.2) is 11.6 Å². The molecule has 0 aliphatic carbocycles. The molecule has 0 N–H and O–H groups in total. The zero-order valence-electron chi connectivity index (χ0n) is 14.1. The van der Waals surface area contributed by atoms with E-state index < -0.39 is 0 Å². The quantitative estimate of drug-likeness (QED) is 0.375. The number of carbonyl (C=O) groups is 2. The highest BCUT2D eigenvalue weighted by atomic mass is 79.9. The van der Waals surface area contributed by atoms with E-state index in [9.17, 15) is 9.59 Å². The number of hydrogen-bond donors (Lipinski definition) is 0. The summed E-state index contributed by atoms with van der Waals surface area (Å²) in [4.78, 5) is 23.8. The molecule has 126 valence electrons. The summed E-state index contributed by atoms with van der Waals surface area (Å²) in [7, 11) is 0. The fraction of sp³-hybridized carbons (Fsp3) is 0.182. The molecule has 0 saturated heterocycles. The highest BCUT2D eigenvalue weighted by Crippen LogP contribution is 2.26. The molecule has 0 spiro atoms. The van der Waals surface area contributed by atoms with Crippen LogP contribution in [0, 0.1) is 0 Å². The Kier molecular flexibility index (Phi) is 5.44. The highest BCUT2D eigenvalue weighted by molar-refractivity contribution is 9.09. The molecule has 0 radical (unpaired) electrons. The molecular weight excluding hydrogens is 376 g/mol. The predicted molar refractivity (Wildman–Crippen MR) is 107 cm³/mol. The van der Waals surface area contributed by atoms with Crippen molar-refractivity contribution in [1.82, 2.24) is 0 Å². The predicted octanol–water partition coefficient (Wildman–Crippen LogP) is 6.07. The van der Waals surface area contributed by atoms with Crippen LogP contribution in [-0.4, -0.2) is 16.9 Å². The molecule has 0 atom stereocenters. The summed E-state index contributed by atoms with van der Waals surface area (Å²) in [6.07, 6.45) is 1.45. The van der Waals surface area contributed by atoms with E-state index in [1.807, 2.05) is 55.5 Å². The average molecular weight is 395 g/mol.